The van der Waals surface area contributed by atoms with Gasteiger partial charge in [0, 0.05) is 17.7 Å². The number of hydrogen-bond acceptors (Lipinski definition) is 6. The van der Waals surface area contributed by atoms with Gasteiger partial charge in [-0.1, -0.05) is 35.9 Å². The molecule has 3 aromatic rings. The lowest BCUT2D eigenvalue weighted by atomic mass is 9.86. The van der Waals surface area contributed by atoms with Gasteiger partial charge >= 0.3 is 0 Å². The van der Waals surface area contributed by atoms with Crippen molar-refractivity contribution in [3.63, 3.8) is 0 Å². The van der Waals surface area contributed by atoms with E-state index in [9.17, 15) is 16.8 Å². The Morgan fingerprint density at radius 3 is 2.20 bits per heavy atom. The standard InChI is InChI=1S/C19H19NO3S.C7H8O3S/c21-24(22)18-4-2-1-3-15(18)16-6-5-14(11-19(16)24)23-17-12-20-9-7-13(17)8-10-20;1-6-2-4-7(5-3-6)11(8,9)10/h1-6,11,13,17H,7-10,12H2;2-5H,1H3,(H,8,9,10)/t17-;/m0./s1. The predicted octanol–water partition coefficient (Wildman–Crippen LogP) is 4.21. The highest BCUT2D eigenvalue weighted by Crippen LogP contribution is 2.44. The predicted molar refractivity (Wildman–Crippen MR) is 132 cm³/mol. The second kappa shape index (κ2) is 9.05. The van der Waals surface area contributed by atoms with E-state index < -0.39 is 20.0 Å². The number of benzene rings is 3. The highest BCUT2D eigenvalue weighted by Gasteiger charge is 2.37. The maximum absolute atomic E-state index is 12.8. The molecule has 0 aromatic heterocycles. The molecule has 0 radical (unpaired) electrons. The summed E-state index contributed by atoms with van der Waals surface area (Å²) >= 11 is 0. The topological polar surface area (TPSA) is 101 Å². The minimum Gasteiger partial charge on any atom is -0.489 e. The first-order chi connectivity index (χ1) is 16.6. The summed E-state index contributed by atoms with van der Waals surface area (Å²) in [4.78, 5) is 3.15. The van der Waals surface area contributed by atoms with E-state index in [0.29, 0.717) is 21.5 Å². The molecule has 3 aromatic carbocycles. The molecule has 4 heterocycles. The average molecular weight is 514 g/mol. The number of sulfone groups is 1. The van der Waals surface area contributed by atoms with Crippen molar-refractivity contribution in [2.24, 2.45) is 5.92 Å². The second-order valence-corrected chi connectivity index (χ2v) is 12.5. The van der Waals surface area contributed by atoms with Gasteiger partial charge in [-0.25, -0.2) is 8.42 Å². The minimum absolute atomic E-state index is 0.0666. The van der Waals surface area contributed by atoms with Crippen LogP contribution in [0.15, 0.2) is 81.4 Å². The molecule has 0 unspecified atom stereocenters. The monoisotopic (exact) mass is 513 g/mol. The summed E-state index contributed by atoms with van der Waals surface area (Å²) < 4.78 is 61.3. The highest BCUT2D eigenvalue weighted by molar-refractivity contribution is 7.92. The molecule has 9 heteroatoms. The Labute approximate surface area is 206 Å². The van der Waals surface area contributed by atoms with Crippen molar-refractivity contribution in [1.82, 2.24) is 4.90 Å². The molecular weight excluding hydrogens is 486 g/mol. The molecular formula is C26H27NO6S2. The van der Waals surface area contributed by atoms with Gasteiger partial charge < -0.3 is 4.74 Å². The number of ether oxygens (including phenoxy) is 1. The zero-order chi connectivity index (χ0) is 24.8. The zero-order valence-electron chi connectivity index (χ0n) is 19.3. The Hall–Kier alpha value is -2.72. The molecule has 3 saturated heterocycles. The summed E-state index contributed by atoms with van der Waals surface area (Å²) in [6.45, 7) is 5.12. The first kappa shape index (κ1) is 24.0. The summed E-state index contributed by atoms with van der Waals surface area (Å²) in [5.41, 5.74) is 2.53. The fourth-order valence-corrected chi connectivity index (χ4v) is 7.17. The number of nitrogens with zero attached hydrogens (tertiary/aromatic N) is 1. The van der Waals surface area contributed by atoms with Gasteiger partial charge in [0.05, 0.1) is 14.7 Å². The van der Waals surface area contributed by atoms with E-state index in [1.54, 1.807) is 30.3 Å². The number of aryl methyl sites for hydroxylation is 1. The quantitative estimate of drug-likeness (QED) is 0.410. The Morgan fingerprint density at radius 2 is 1.57 bits per heavy atom. The van der Waals surface area contributed by atoms with Crippen molar-refractivity contribution in [2.45, 2.75) is 40.6 Å². The van der Waals surface area contributed by atoms with Gasteiger partial charge in [0.1, 0.15) is 11.9 Å². The second-order valence-electron chi connectivity index (χ2n) is 9.24. The number of fused-ring (bicyclic) bond motifs is 6. The molecule has 3 fully saturated rings. The molecule has 0 amide bonds. The van der Waals surface area contributed by atoms with Gasteiger partial charge in [-0.3, -0.25) is 9.45 Å². The van der Waals surface area contributed by atoms with E-state index in [4.69, 9.17) is 9.29 Å². The van der Waals surface area contributed by atoms with Crippen molar-refractivity contribution in [3.8, 4) is 16.9 Å². The maximum Gasteiger partial charge on any atom is 0.294 e. The van der Waals surface area contributed by atoms with E-state index in [-0.39, 0.29) is 11.0 Å². The molecule has 2 bridgehead atoms. The molecule has 4 aliphatic rings. The van der Waals surface area contributed by atoms with Gasteiger partial charge in [-0.05, 0) is 75.2 Å². The average Bonchev–Trinajstić information content (AvgIpc) is 3.07. The van der Waals surface area contributed by atoms with Crippen molar-refractivity contribution >= 4 is 20.0 Å². The van der Waals surface area contributed by atoms with E-state index >= 15 is 0 Å². The van der Waals surface area contributed by atoms with Gasteiger partial charge in [0.25, 0.3) is 10.1 Å². The first-order valence-corrected chi connectivity index (χ1v) is 14.5. The minimum atomic E-state index is -4.02. The van der Waals surface area contributed by atoms with Gasteiger partial charge in [0.2, 0.25) is 9.84 Å². The van der Waals surface area contributed by atoms with Crippen LogP contribution in [0.3, 0.4) is 0 Å². The smallest absolute Gasteiger partial charge is 0.294 e. The Bertz CT molecular complexity index is 1460. The molecule has 35 heavy (non-hydrogen) atoms. The van der Waals surface area contributed by atoms with Crippen LogP contribution in [0, 0.1) is 12.8 Å². The summed E-state index contributed by atoms with van der Waals surface area (Å²) in [5, 5.41) is 0. The van der Waals surface area contributed by atoms with Crippen LogP contribution in [0.25, 0.3) is 11.1 Å². The first-order valence-electron chi connectivity index (χ1n) is 11.5. The van der Waals surface area contributed by atoms with Crippen LogP contribution >= 0.6 is 0 Å². The van der Waals surface area contributed by atoms with Crippen molar-refractivity contribution in [1.29, 1.82) is 0 Å². The lowest BCUT2D eigenvalue weighted by Crippen LogP contribution is -2.52. The van der Waals surface area contributed by atoms with Gasteiger partial charge in [0.15, 0.2) is 0 Å². The van der Waals surface area contributed by atoms with E-state index in [0.717, 1.165) is 23.2 Å². The molecule has 1 N–H and O–H groups in total. The van der Waals surface area contributed by atoms with Crippen molar-refractivity contribution in [2.75, 3.05) is 19.6 Å². The lowest BCUT2D eigenvalue weighted by molar-refractivity contribution is -0.00785. The normalized spacial score (nSPS) is 23.5. The largest absolute Gasteiger partial charge is 0.489 e. The summed E-state index contributed by atoms with van der Waals surface area (Å²) in [5.74, 6) is 1.26. The molecule has 184 valence electrons. The molecule has 0 aliphatic carbocycles. The van der Waals surface area contributed by atoms with Crippen LogP contribution in [0.1, 0.15) is 18.4 Å². The maximum atomic E-state index is 12.8. The highest BCUT2D eigenvalue weighted by atomic mass is 32.2. The molecule has 0 saturated carbocycles. The zero-order valence-corrected chi connectivity index (χ0v) is 20.9. The molecule has 1 atom stereocenters. The van der Waals surface area contributed by atoms with E-state index in [2.05, 4.69) is 4.90 Å². The van der Waals surface area contributed by atoms with Crippen LogP contribution in [0.2, 0.25) is 0 Å². The number of hydrogen-bond donors (Lipinski definition) is 1. The van der Waals surface area contributed by atoms with Crippen LogP contribution in [0.5, 0.6) is 5.75 Å². The summed E-state index contributed by atoms with van der Waals surface area (Å²) in [7, 11) is -7.45. The number of piperidine rings is 3. The molecule has 4 aliphatic heterocycles. The van der Waals surface area contributed by atoms with Crippen LogP contribution in [-0.4, -0.2) is 52.0 Å². The fourth-order valence-electron chi connectivity index (χ4n) is 4.99. The molecule has 0 spiro atoms. The third kappa shape index (κ3) is 4.73. The SMILES string of the molecule is Cc1ccc(S(=O)(=O)O)cc1.O=S1(=O)c2ccccc2-c2ccc(O[C@H]3CN4CCC3CC4)cc21. The molecule has 7 nitrogen and oxygen atoms in total. The van der Waals surface area contributed by atoms with Crippen LogP contribution in [0.4, 0.5) is 0 Å². The Morgan fingerprint density at radius 1 is 0.914 bits per heavy atom. The van der Waals surface area contributed by atoms with Crippen molar-refractivity contribution in [3.05, 3.63) is 72.3 Å². The van der Waals surface area contributed by atoms with E-state index in [1.165, 1.54) is 38.1 Å². The molecule has 7 rings (SSSR count). The summed E-state index contributed by atoms with van der Waals surface area (Å²) in [6.07, 6.45) is 2.54. The lowest BCUT2D eigenvalue weighted by Gasteiger charge is -2.44. The van der Waals surface area contributed by atoms with E-state index in [1.807, 2.05) is 31.2 Å². The fraction of sp³-hybridized carbons (Fsp3) is 0.308. The number of rotatable bonds is 3. The third-order valence-corrected chi connectivity index (χ3v) is 9.63. The van der Waals surface area contributed by atoms with Gasteiger partial charge in [-0.15, -0.1) is 0 Å². The van der Waals surface area contributed by atoms with Crippen LogP contribution < -0.4 is 4.74 Å². The summed E-state index contributed by atoms with van der Waals surface area (Å²) in [6, 6.07) is 18.7. The van der Waals surface area contributed by atoms with Crippen LogP contribution in [-0.2, 0) is 20.0 Å². The van der Waals surface area contributed by atoms with Gasteiger partial charge in [-0.2, -0.15) is 8.42 Å². The van der Waals surface area contributed by atoms with Crippen molar-refractivity contribution < 1.29 is 26.1 Å². The third-order valence-electron chi connectivity index (χ3n) is 6.91. The Balaban J connectivity index is 0.000000195. The Kier molecular flexibility index (Phi) is 6.21.